The number of pyridine rings is 1. The third-order valence-electron chi connectivity index (χ3n) is 3.03. The molecule has 0 amide bonds. The Morgan fingerprint density at radius 2 is 2.19 bits per heavy atom. The van der Waals surface area contributed by atoms with E-state index in [9.17, 15) is 0 Å². The number of aromatic nitrogens is 1. The normalized spacial score (nSPS) is 12.7. The molecule has 1 rings (SSSR count). The maximum atomic E-state index is 4.16. The molecule has 0 saturated heterocycles. The second-order valence-corrected chi connectivity index (χ2v) is 4.58. The van der Waals surface area contributed by atoms with Crippen molar-refractivity contribution < 1.29 is 0 Å². The van der Waals surface area contributed by atoms with Crippen molar-refractivity contribution in [2.24, 2.45) is 0 Å². The third kappa shape index (κ3) is 4.75. The van der Waals surface area contributed by atoms with Gasteiger partial charge in [0.05, 0.1) is 0 Å². The average molecular weight is 220 g/mol. The molecule has 0 radical (unpaired) electrons. The summed E-state index contributed by atoms with van der Waals surface area (Å²) in [6, 6.07) is 2.67. The van der Waals surface area contributed by atoms with Crippen LogP contribution in [0.1, 0.15) is 50.7 Å². The van der Waals surface area contributed by atoms with Crippen molar-refractivity contribution in [3.63, 3.8) is 0 Å². The molecule has 1 aromatic heterocycles. The second kappa shape index (κ2) is 7.39. The van der Waals surface area contributed by atoms with Crippen LogP contribution in [0, 0.1) is 6.92 Å². The second-order valence-electron chi connectivity index (χ2n) is 4.58. The van der Waals surface area contributed by atoms with Crippen LogP contribution in [0.25, 0.3) is 0 Å². The fraction of sp³-hybridized carbons (Fsp3) is 0.643. The molecule has 0 fully saturated rings. The summed E-state index contributed by atoms with van der Waals surface area (Å²) in [7, 11) is 0. The maximum Gasteiger partial charge on any atom is 0.0315 e. The van der Waals surface area contributed by atoms with Gasteiger partial charge in [0.1, 0.15) is 0 Å². The van der Waals surface area contributed by atoms with Gasteiger partial charge in [-0.05, 0) is 37.5 Å². The monoisotopic (exact) mass is 220 g/mol. The Hall–Kier alpha value is -0.890. The largest absolute Gasteiger partial charge is 0.310 e. The summed E-state index contributed by atoms with van der Waals surface area (Å²) in [5.41, 5.74) is 2.63. The van der Waals surface area contributed by atoms with Gasteiger partial charge in [0.2, 0.25) is 0 Å². The van der Waals surface area contributed by atoms with Gasteiger partial charge >= 0.3 is 0 Å². The minimum Gasteiger partial charge on any atom is -0.310 e. The first-order chi connectivity index (χ1) is 7.74. The first-order valence-electron chi connectivity index (χ1n) is 6.37. The van der Waals surface area contributed by atoms with Crippen LogP contribution in [-0.2, 0) is 6.54 Å². The van der Waals surface area contributed by atoms with Gasteiger partial charge in [-0.2, -0.15) is 0 Å². The van der Waals surface area contributed by atoms with Crippen LogP contribution in [-0.4, -0.2) is 11.0 Å². The van der Waals surface area contributed by atoms with E-state index < -0.39 is 0 Å². The predicted molar refractivity (Wildman–Crippen MR) is 69.4 cm³/mol. The van der Waals surface area contributed by atoms with E-state index in [4.69, 9.17) is 0 Å². The lowest BCUT2D eigenvalue weighted by atomic mass is 10.1. The number of aryl methyl sites for hydroxylation is 1. The average Bonchev–Trinajstić information content (AvgIpc) is 2.28. The Morgan fingerprint density at radius 3 is 2.88 bits per heavy atom. The van der Waals surface area contributed by atoms with Gasteiger partial charge in [-0.1, -0.05) is 26.2 Å². The molecule has 2 nitrogen and oxygen atoms in total. The summed E-state index contributed by atoms with van der Waals surface area (Å²) < 4.78 is 0. The molecule has 1 atom stereocenters. The van der Waals surface area contributed by atoms with Crippen LogP contribution in [0.3, 0.4) is 0 Å². The summed E-state index contributed by atoms with van der Waals surface area (Å²) in [5, 5.41) is 3.56. The molecular formula is C14H24N2. The lowest BCUT2D eigenvalue weighted by Crippen LogP contribution is -2.25. The highest BCUT2D eigenvalue weighted by atomic mass is 14.9. The summed E-state index contributed by atoms with van der Waals surface area (Å²) >= 11 is 0. The van der Waals surface area contributed by atoms with Gasteiger partial charge in [-0.3, -0.25) is 4.98 Å². The van der Waals surface area contributed by atoms with Crippen LogP contribution in [0.4, 0.5) is 0 Å². The fourth-order valence-corrected chi connectivity index (χ4v) is 1.77. The lowest BCUT2D eigenvalue weighted by molar-refractivity contribution is 0.486. The zero-order chi connectivity index (χ0) is 11.8. The zero-order valence-electron chi connectivity index (χ0n) is 10.8. The minimum absolute atomic E-state index is 0.603. The Balaban J connectivity index is 2.26. The van der Waals surface area contributed by atoms with Crippen molar-refractivity contribution >= 4 is 0 Å². The van der Waals surface area contributed by atoms with E-state index in [1.807, 2.05) is 12.4 Å². The number of rotatable bonds is 7. The van der Waals surface area contributed by atoms with E-state index in [0.717, 1.165) is 6.54 Å². The van der Waals surface area contributed by atoms with E-state index in [1.54, 1.807) is 0 Å². The molecule has 1 unspecified atom stereocenters. The van der Waals surface area contributed by atoms with Gasteiger partial charge in [-0.15, -0.1) is 0 Å². The van der Waals surface area contributed by atoms with Gasteiger partial charge in [0.15, 0.2) is 0 Å². The summed E-state index contributed by atoms with van der Waals surface area (Å²) in [4.78, 5) is 4.16. The molecule has 1 N–H and O–H groups in total. The molecule has 0 aliphatic carbocycles. The van der Waals surface area contributed by atoms with Gasteiger partial charge < -0.3 is 5.32 Å². The van der Waals surface area contributed by atoms with Crippen LogP contribution >= 0.6 is 0 Å². The number of unbranched alkanes of at least 4 members (excludes halogenated alkanes) is 2. The summed E-state index contributed by atoms with van der Waals surface area (Å²) in [6.07, 6.45) is 9.06. The van der Waals surface area contributed by atoms with E-state index >= 15 is 0 Å². The van der Waals surface area contributed by atoms with Crippen molar-refractivity contribution in [3.05, 3.63) is 29.6 Å². The highest BCUT2D eigenvalue weighted by Crippen LogP contribution is 2.07. The SMILES string of the molecule is CCCCCC(C)NCc1cnccc1C. The third-order valence-corrected chi connectivity index (χ3v) is 3.03. The number of hydrogen-bond acceptors (Lipinski definition) is 2. The smallest absolute Gasteiger partial charge is 0.0315 e. The molecular weight excluding hydrogens is 196 g/mol. The maximum absolute atomic E-state index is 4.16. The van der Waals surface area contributed by atoms with Crippen molar-refractivity contribution in [1.29, 1.82) is 0 Å². The first-order valence-corrected chi connectivity index (χ1v) is 6.37. The molecule has 0 aliphatic rings. The number of hydrogen-bond donors (Lipinski definition) is 1. The van der Waals surface area contributed by atoms with Crippen molar-refractivity contribution in [2.75, 3.05) is 0 Å². The van der Waals surface area contributed by atoms with Crippen molar-refractivity contribution in [1.82, 2.24) is 10.3 Å². The Kier molecular flexibility index (Phi) is 6.09. The molecule has 1 heterocycles. The van der Waals surface area contributed by atoms with E-state index in [2.05, 4.69) is 37.1 Å². The summed E-state index contributed by atoms with van der Waals surface area (Å²) in [6.45, 7) is 7.59. The lowest BCUT2D eigenvalue weighted by Gasteiger charge is -2.14. The topological polar surface area (TPSA) is 24.9 Å². The molecule has 0 saturated carbocycles. The van der Waals surface area contributed by atoms with Crippen molar-refractivity contribution in [3.8, 4) is 0 Å². The van der Waals surface area contributed by atoms with Gasteiger partial charge in [-0.25, -0.2) is 0 Å². The number of nitrogens with one attached hydrogen (secondary N) is 1. The quantitative estimate of drug-likeness (QED) is 0.712. The van der Waals surface area contributed by atoms with Gasteiger partial charge in [0, 0.05) is 25.0 Å². The molecule has 16 heavy (non-hydrogen) atoms. The molecule has 0 bridgehead atoms. The molecule has 0 aliphatic heterocycles. The molecule has 1 aromatic rings. The minimum atomic E-state index is 0.603. The highest BCUT2D eigenvalue weighted by molar-refractivity contribution is 5.21. The van der Waals surface area contributed by atoms with Crippen LogP contribution in [0.15, 0.2) is 18.5 Å². The standard InChI is InChI=1S/C14H24N2/c1-4-5-6-7-13(3)16-11-14-10-15-9-8-12(14)2/h8-10,13,16H,4-7,11H2,1-3H3. The molecule has 2 heteroatoms. The Labute approximate surface area is 99.5 Å². The number of nitrogens with zero attached hydrogens (tertiary/aromatic N) is 1. The molecule has 90 valence electrons. The Bertz CT molecular complexity index is 297. The Morgan fingerprint density at radius 1 is 1.38 bits per heavy atom. The van der Waals surface area contributed by atoms with E-state index in [0.29, 0.717) is 6.04 Å². The molecule has 0 aromatic carbocycles. The summed E-state index contributed by atoms with van der Waals surface area (Å²) in [5.74, 6) is 0. The van der Waals surface area contributed by atoms with E-state index in [-0.39, 0.29) is 0 Å². The fourth-order valence-electron chi connectivity index (χ4n) is 1.77. The van der Waals surface area contributed by atoms with E-state index in [1.165, 1.54) is 36.8 Å². The van der Waals surface area contributed by atoms with Crippen LogP contribution < -0.4 is 5.32 Å². The van der Waals surface area contributed by atoms with Gasteiger partial charge in [0.25, 0.3) is 0 Å². The first kappa shape index (κ1) is 13.2. The highest BCUT2D eigenvalue weighted by Gasteiger charge is 2.02. The van der Waals surface area contributed by atoms with Crippen LogP contribution in [0.2, 0.25) is 0 Å². The zero-order valence-corrected chi connectivity index (χ0v) is 10.8. The predicted octanol–water partition coefficient (Wildman–Crippen LogP) is 3.45. The van der Waals surface area contributed by atoms with Crippen LogP contribution in [0.5, 0.6) is 0 Å². The van der Waals surface area contributed by atoms with Crippen molar-refractivity contribution in [2.45, 2.75) is 59.0 Å². The molecule has 0 spiro atoms.